The molecule has 0 bridgehead atoms. The zero-order chi connectivity index (χ0) is 10.6. The number of ether oxygens (including phenoxy) is 3. The van der Waals surface area contributed by atoms with Gasteiger partial charge >= 0.3 is 5.97 Å². The Bertz CT molecular complexity index is 276. The van der Waals surface area contributed by atoms with Crippen molar-refractivity contribution in [3.63, 3.8) is 0 Å². The van der Waals surface area contributed by atoms with Crippen molar-refractivity contribution in [3.8, 4) is 0 Å². The highest BCUT2D eigenvalue weighted by atomic mass is 16.7. The minimum atomic E-state index is -0.645. The third-order valence-electron chi connectivity index (χ3n) is 1.49. The molecule has 0 fully saturated rings. The predicted octanol–water partition coefficient (Wildman–Crippen LogP) is 1.73. The van der Waals surface area contributed by atoms with Crippen LogP contribution in [-0.4, -0.2) is 18.4 Å². The fraction of sp³-hybridized carbons (Fsp3) is 0.500. The summed E-state index contributed by atoms with van der Waals surface area (Å²) in [6, 6.07) is 0. The Morgan fingerprint density at radius 1 is 1.64 bits per heavy atom. The van der Waals surface area contributed by atoms with Gasteiger partial charge in [0.05, 0.1) is 6.61 Å². The quantitative estimate of drug-likeness (QED) is 0.511. The third-order valence-corrected chi connectivity index (χ3v) is 1.49. The van der Waals surface area contributed by atoms with Crippen molar-refractivity contribution in [1.82, 2.24) is 0 Å². The lowest BCUT2D eigenvalue weighted by molar-refractivity contribution is -0.137. The van der Waals surface area contributed by atoms with Gasteiger partial charge in [0.1, 0.15) is 6.26 Å². The molecule has 0 aromatic heterocycles. The molecule has 1 heterocycles. The second-order valence-electron chi connectivity index (χ2n) is 3.23. The van der Waals surface area contributed by atoms with E-state index in [1.165, 1.54) is 18.4 Å². The Hall–Kier alpha value is -1.45. The van der Waals surface area contributed by atoms with Gasteiger partial charge in [0.25, 0.3) is 0 Å². The molecule has 1 aliphatic heterocycles. The van der Waals surface area contributed by atoms with Crippen LogP contribution >= 0.6 is 0 Å². The normalized spacial score (nSPS) is 18.6. The lowest BCUT2D eigenvalue weighted by atomic mass is 10.4. The Morgan fingerprint density at radius 2 is 2.36 bits per heavy atom. The van der Waals surface area contributed by atoms with Crippen LogP contribution in [0.25, 0.3) is 0 Å². The lowest BCUT2D eigenvalue weighted by Gasteiger charge is -2.17. The molecule has 0 aromatic rings. The van der Waals surface area contributed by atoms with Gasteiger partial charge in [-0.05, 0) is 13.0 Å². The molecule has 0 atom stereocenters. The van der Waals surface area contributed by atoms with Crippen LogP contribution in [-0.2, 0) is 19.0 Å². The van der Waals surface area contributed by atoms with Crippen LogP contribution in [0.15, 0.2) is 24.2 Å². The number of carbonyl (C=O) groups is 1. The molecule has 0 saturated carbocycles. The summed E-state index contributed by atoms with van der Waals surface area (Å²) in [5.41, 5.74) is 0. The first-order valence-electron chi connectivity index (χ1n) is 4.45. The fourth-order valence-electron chi connectivity index (χ4n) is 0.946. The van der Waals surface area contributed by atoms with Gasteiger partial charge in [-0.3, -0.25) is 0 Å². The van der Waals surface area contributed by atoms with E-state index in [0.29, 0.717) is 12.4 Å². The molecule has 1 rings (SSSR count). The van der Waals surface area contributed by atoms with Gasteiger partial charge < -0.3 is 14.2 Å². The molecule has 4 heteroatoms. The van der Waals surface area contributed by atoms with Gasteiger partial charge in [0.2, 0.25) is 5.79 Å². The molecule has 14 heavy (non-hydrogen) atoms. The number of hydrogen-bond acceptors (Lipinski definition) is 4. The number of allylic oxidation sites excluding steroid dienone is 1. The maximum atomic E-state index is 10.9. The van der Waals surface area contributed by atoms with Crippen LogP contribution in [0.4, 0.5) is 0 Å². The number of rotatable bonds is 3. The Balaban J connectivity index is 2.43. The SMILES string of the molecule is CCOC(=O)/C=C/C1=COC(C)(C)O1. The van der Waals surface area contributed by atoms with Crippen molar-refractivity contribution in [3.05, 3.63) is 24.2 Å². The minimum Gasteiger partial charge on any atom is -0.463 e. The molecule has 78 valence electrons. The highest BCUT2D eigenvalue weighted by molar-refractivity contribution is 5.82. The monoisotopic (exact) mass is 198 g/mol. The van der Waals surface area contributed by atoms with E-state index in [-0.39, 0.29) is 5.97 Å². The van der Waals surface area contributed by atoms with Crippen molar-refractivity contribution >= 4 is 5.97 Å². The Morgan fingerprint density at radius 3 is 2.86 bits per heavy atom. The maximum Gasteiger partial charge on any atom is 0.330 e. The molecule has 0 saturated heterocycles. The van der Waals surface area contributed by atoms with Crippen molar-refractivity contribution in [2.75, 3.05) is 6.61 Å². The molecule has 4 nitrogen and oxygen atoms in total. The number of carbonyl (C=O) groups excluding carboxylic acids is 1. The zero-order valence-corrected chi connectivity index (χ0v) is 8.57. The molecular weight excluding hydrogens is 184 g/mol. The van der Waals surface area contributed by atoms with Crippen molar-refractivity contribution < 1.29 is 19.0 Å². The first-order valence-corrected chi connectivity index (χ1v) is 4.45. The molecule has 0 aromatic carbocycles. The molecule has 0 amide bonds. The molecular formula is C10H14O4. The van der Waals surface area contributed by atoms with Gasteiger partial charge in [-0.1, -0.05) is 0 Å². The van der Waals surface area contributed by atoms with E-state index in [4.69, 9.17) is 14.2 Å². The second-order valence-corrected chi connectivity index (χ2v) is 3.23. The molecule has 1 aliphatic rings. The van der Waals surface area contributed by atoms with Gasteiger partial charge in [0, 0.05) is 19.9 Å². The maximum absolute atomic E-state index is 10.9. The highest BCUT2D eigenvalue weighted by Crippen LogP contribution is 2.24. The Labute approximate surface area is 83.1 Å². The van der Waals surface area contributed by atoms with E-state index in [2.05, 4.69) is 0 Å². The molecule has 0 radical (unpaired) electrons. The molecule has 0 unspecified atom stereocenters. The Kier molecular flexibility index (Phi) is 3.17. The van der Waals surface area contributed by atoms with Crippen LogP contribution in [0.3, 0.4) is 0 Å². The number of esters is 1. The highest BCUT2D eigenvalue weighted by Gasteiger charge is 2.26. The smallest absolute Gasteiger partial charge is 0.330 e. The fourth-order valence-corrected chi connectivity index (χ4v) is 0.946. The topological polar surface area (TPSA) is 44.8 Å². The molecule has 0 N–H and O–H groups in total. The first kappa shape index (κ1) is 10.6. The standard InChI is InChI=1S/C10H14O4/c1-4-12-9(11)6-5-8-7-13-10(2,3)14-8/h5-7H,4H2,1-3H3/b6-5+. The van der Waals surface area contributed by atoms with Crippen LogP contribution in [0.1, 0.15) is 20.8 Å². The molecule has 0 aliphatic carbocycles. The van der Waals surface area contributed by atoms with E-state index in [1.807, 2.05) is 0 Å². The summed E-state index contributed by atoms with van der Waals surface area (Å²) in [6.45, 7) is 5.69. The van der Waals surface area contributed by atoms with Gasteiger partial charge in [0.15, 0.2) is 5.76 Å². The van der Waals surface area contributed by atoms with Gasteiger partial charge in [-0.25, -0.2) is 4.79 Å². The largest absolute Gasteiger partial charge is 0.463 e. The average molecular weight is 198 g/mol. The first-order chi connectivity index (χ1) is 6.53. The zero-order valence-electron chi connectivity index (χ0n) is 8.57. The lowest BCUT2D eigenvalue weighted by Crippen LogP contribution is -2.19. The van der Waals surface area contributed by atoms with Gasteiger partial charge in [-0.2, -0.15) is 0 Å². The van der Waals surface area contributed by atoms with E-state index >= 15 is 0 Å². The third kappa shape index (κ3) is 3.12. The van der Waals surface area contributed by atoms with Crippen LogP contribution in [0, 0.1) is 0 Å². The van der Waals surface area contributed by atoms with Crippen LogP contribution in [0.2, 0.25) is 0 Å². The summed E-state index contributed by atoms with van der Waals surface area (Å²) in [5, 5.41) is 0. The summed E-state index contributed by atoms with van der Waals surface area (Å²) in [6.07, 6.45) is 4.29. The second kappa shape index (κ2) is 4.17. The number of hydrogen-bond donors (Lipinski definition) is 0. The summed E-state index contributed by atoms with van der Waals surface area (Å²) in [4.78, 5) is 10.9. The summed E-state index contributed by atoms with van der Waals surface area (Å²) in [5.74, 6) is -0.515. The molecule has 0 spiro atoms. The van der Waals surface area contributed by atoms with E-state index in [0.717, 1.165) is 0 Å². The summed E-state index contributed by atoms with van der Waals surface area (Å²) in [7, 11) is 0. The minimum absolute atomic E-state index is 0.366. The van der Waals surface area contributed by atoms with Crippen molar-refractivity contribution in [2.45, 2.75) is 26.6 Å². The van der Waals surface area contributed by atoms with Crippen molar-refractivity contribution in [1.29, 1.82) is 0 Å². The summed E-state index contributed by atoms with van der Waals surface area (Å²) >= 11 is 0. The summed E-state index contributed by atoms with van der Waals surface area (Å²) < 4.78 is 15.2. The van der Waals surface area contributed by atoms with E-state index in [9.17, 15) is 4.79 Å². The van der Waals surface area contributed by atoms with Crippen LogP contribution < -0.4 is 0 Å². The van der Waals surface area contributed by atoms with E-state index in [1.54, 1.807) is 20.8 Å². The van der Waals surface area contributed by atoms with E-state index < -0.39 is 5.79 Å². The predicted molar refractivity (Wildman–Crippen MR) is 50.1 cm³/mol. The average Bonchev–Trinajstić information content (AvgIpc) is 2.43. The van der Waals surface area contributed by atoms with Crippen LogP contribution in [0.5, 0.6) is 0 Å². The van der Waals surface area contributed by atoms with Crippen molar-refractivity contribution in [2.24, 2.45) is 0 Å². The van der Waals surface area contributed by atoms with Gasteiger partial charge in [-0.15, -0.1) is 0 Å².